The minimum absolute atomic E-state index is 0.183. The topological polar surface area (TPSA) is 87.7 Å². The Bertz CT molecular complexity index is 1190. The lowest BCUT2D eigenvalue weighted by atomic mass is 10.0. The number of nitrogens with one attached hydrogen (secondary N) is 2. The first kappa shape index (κ1) is 20.3. The van der Waals surface area contributed by atoms with Crippen molar-refractivity contribution in [2.24, 2.45) is 0 Å². The number of rotatable bonds is 4. The van der Waals surface area contributed by atoms with Crippen molar-refractivity contribution in [2.75, 3.05) is 19.0 Å². The fourth-order valence-electron chi connectivity index (χ4n) is 4.24. The van der Waals surface area contributed by atoms with Crippen LogP contribution in [0, 0.1) is 0 Å². The van der Waals surface area contributed by atoms with Gasteiger partial charge < -0.3 is 20.3 Å². The first-order valence-corrected chi connectivity index (χ1v) is 11.2. The second-order valence-corrected chi connectivity index (χ2v) is 8.78. The fraction of sp³-hybridized carbons (Fsp3) is 0.208. The Kier molecular flexibility index (Phi) is 5.14. The molecule has 2 aliphatic heterocycles. The minimum atomic E-state index is -0.618. The number of nitrogens with zero attached hydrogens (tertiary/aromatic N) is 1. The number of carbonyl (C=O) groups excluding carboxylic acids is 3. The van der Waals surface area contributed by atoms with Gasteiger partial charge >= 0.3 is 0 Å². The Labute approximate surface area is 189 Å². The molecule has 8 heteroatoms. The number of benzene rings is 2. The van der Waals surface area contributed by atoms with Crippen molar-refractivity contribution in [3.05, 3.63) is 70.4 Å². The summed E-state index contributed by atoms with van der Waals surface area (Å²) in [6.45, 7) is 0.292. The minimum Gasteiger partial charge on any atom is -0.497 e. The standard InChI is InChI=1S/C24H21N3O4S/c1-31-17-7-4-14(5-8-17)15-6-9-19-18(11-15)24(30)27-13-16(12-20(27)22(28)26-19)25-23(29)21-3-2-10-32-21/h2-11,16,20H,12-13H2,1H3,(H,25,29)(H,26,28). The van der Waals surface area contributed by atoms with Crippen molar-refractivity contribution in [3.8, 4) is 16.9 Å². The molecule has 0 spiro atoms. The maximum atomic E-state index is 13.4. The first-order chi connectivity index (χ1) is 15.5. The van der Waals surface area contributed by atoms with Gasteiger partial charge in [0.05, 0.1) is 23.2 Å². The van der Waals surface area contributed by atoms with E-state index in [1.807, 2.05) is 41.8 Å². The second kappa shape index (κ2) is 8.12. The van der Waals surface area contributed by atoms with Crippen LogP contribution in [0.5, 0.6) is 5.75 Å². The highest BCUT2D eigenvalue weighted by atomic mass is 32.1. The highest BCUT2D eigenvalue weighted by Crippen LogP contribution is 2.32. The second-order valence-electron chi connectivity index (χ2n) is 7.83. The molecule has 32 heavy (non-hydrogen) atoms. The van der Waals surface area contributed by atoms with Crippen molar-refractivity contribution in [1.82, 2.24) is 10.2 Å². The number of amides is 3. The molecule has 1 fully saturated rings. The van der Waals surface area contributed by atoms with Crippen LogP contribution in [0.15, 0.2) is 60.0 Å². The summed E-state index contributed by atoms with van der Waals surface area (Å²) < 4.78 is 5.21. The van der Waals surface area contributed by atoms with E-state index in [0.717, 1.165) is 16.9 Å². The summed E-state index contributed by atoms with van der Waals surface area (Å²) in [7, 11) is 1.61. The van der Waals surface area contributed by atoms with Gasteiger partial charge in [-0.1, -0.05) is 24.3 Å². The average Bonchev–Trinajstić information content (AvgIpc) is 3.48. The number of ether oxygens (including phenoxy) is 1. The monoisotopic (exact) mass is 447 g/mol. The maximum Gasteiger partial charge on any atom is 0.261 e. The van der Waals surface area contributed by atoms with Crippen LogP contribution in [-0.4, -0.2) is 48.4 Å². The smallest absolute Gasteiger partial charge is 0.261 e. The molecule has 1 aromatic heterocycles. The van der Waals surface area contributed by atoms with Gasteiger partial charge in [-0.05, 0) is 53.3 Å². The van der Waals surface area contributed by atoms with Gasteiger partial charge in [0.25, 0.3) is 11.8 Å². The number of fused-ring (bicyclic) bond motifs is 2. The molecule has 0 saturated carbocycles. The molecule has 2 aromatic carbocycles. The zero-order valence-electron chi connectivity index (χ0n) is 17.3. The summed E-state index contributed by atoms with van der Waals surface area (Å²) in [6.07, 6.45) is 0.383. The zero-order chi connectivity index (χ0) is 22.2. The van der Waals surface area contributed by atoms with Crippen LogP contribution in [0.3, 0.4) is 0 Å². The molecule has 3 heterocycles. The molecule has 2 N–H and O–H groups in total. The molecule has 5 rings (SSSR count). The molecule has 7 nitrogen and oxygen atoms in total. The molecule has 3 aromatic rings. The van der Waals surface area contributed by atoms with Crippen LogP contribution in [-0.2, 0) is 4.79 Å². The van der Waals surface area contributed by atoms with Crippen molar-refractivity contribution in [1.29, 1.82) is 0 Å². The number of carbonyl (C=O) groups is 3. The van der Waals surface area contributed by atoms with E-state index < -0.39 is 6.04 Å². The molecule has 1 saturated heterocycles. The molecule has 0 radical (unpaired) electrons. The average molecular weight is 448 g/mol. The Morgan fingerprint density at radius 1 is 1.12 bits per heavy atom. The lowest BCUT2D eigenvalue weighted by Gasteiger charge is -2.20. The number of hydrogen-bond acceptors (Lipinski definition) is 5. The van der Waals surface area contributed by atoms with Gasteiger partial charge in [0.2, 0.25) is 5.91 Å². The van der Waals surface area contributed by atoms with Gasteiger partial charge in [-0.2, -0.15) is 0 Å². The predicted octanol–water partition coefficient (Wildman–Crippen LogP) is 3.39. The Balaban J connectivity index is 1.40. The van der Waals surface area contributed by atoms with Gasteiger partial charge in [0.15, 0.2) is 0 Å². The Morgan fingerprint density at radius 3 is 2.62 bits per heavy atom. The summed E-state index contributed by atoms with van der Waals surface area (Å²) in [5, 5.41) is 7.69. The normalized spacial score (nSPS) is 19.6. The van der Waals surface area contributed by atoms with E-state index in [2.05, 4.69) is 10.6 Å². The highest BCUT2D eigenvalue weighted by molar-refractivity contribution is 7.12. The molecule has 2 aliphatic rings. The van der Waals surface area contributed by atoms with Crippen LogP contribution >= 0.6 is 11.3 Å². The van der Waals surface area contributed by atoms with E-state index in [4.69, 9.17) is 4.74 Å². The predicted molar refractivity (Wildman–Crippen MR) is 122 cm³/mol. The molecular formula is C24H21N3O4S. The lowest BCUT2D eigenvalue weighted by Crippen LogP contribution is -2.41. The molecule has 2 atom stereocenters. The van der Waals surface area contributed by atoms with E-state index in [9.17, 15) is 14.4 Å². The van der Waals surface area contributed by atoms with E-state index in [-0.39, 0.29) is 23.8 Å². The van der Waals surface area contributed by atoms with Crippen LogP contribution in [0.25, 0.3) is 11.1 Å². The van der Waals surface area contributed by atoms with Crippen LogP contribution in [0.2, 0.25) is 0 Å². The zero-order valence-corrected chi connectivity index (χ0v) is 18.1. The lowest BCUT2D eigenvalue weighted by molar-refractivity contribution is -0.119. The maximum absolute atomic E-state index is 13.4. The van der Waals surface area contributed by atoms with Gasteiger partial charge in [-0.25, -0.2) is 0 Å². The van der Waals surface area contributed by atoms with E-state index in [1.165, 1.54) is 11.3 Å². The van der Waals surface area contributed by atoms with Crippen molar-refractivity contribution >= 4 is 34.7 Å². The molecule has 2 unspecified atom stereocenters. The number of anilines is 1. The van der Waals surface area contributed by atoms with E-state index in [0.29, 0.717) is 29.1 Å². The molecule has 162 valence electrons. The largest absolute Gasteiger partial charge is 0.497 e. The highest BCUT2D eigenvalue weighted by Gasteiger charge is 2.43. The summed E-state index contributed by atoms with van der Waals surface area (Å²) in [6, 6.07) is 15.7. The Hall–Kier alpha value is -3.65. The quantitative estimate of drug-likeness (QED) is 0.642. The van der Waals surface area contributed by atoms with Crippen LogP contribution in [0.4, 0.5) is 5.69 Å². The third-order valence-corrected chi connectivity index (χ3v) is 6.74. The number of thiophene rings is 1. The van der Waals surface area contributed by atoms with Crippen molar-refractivity contribution < 1.29 is 19.1 Å². The van der Waals surface area contributed by atoms with Crippen LogP contribution in [0.1, 0.15) is 26.5 Å². The van der Waals surface area contributed by atoms with E-state index in [1.54, 1.807) is 30.2 Å². The Morgan fingerprint density at radius 2 is 1.91 bits per heavy atom. The molecular weight excluding hydrogens is 426 g/mol. The first-order valence-electron chi connectivity index (χ1n) is 10.3. The SMILES string of the molecule is COc1ccc(-c2ccc3c(c2)C(=O)N2CC(NC(=O)c4cccs4)CC2C(=O)N3)cc1. The molecule has 0 aliphatic carbocycles. The summed E-state index contributed by atoms with van der Waals surface area (Å²) in [5.74, 6) is 0.119. The van der Waals surface area contributed by atoms with Crippen molar-refractivity contribution in [2.45, 2.75) is 18.5 Å². The van der Waals surface area contributed by atoms with E-state index >= 15 is 0 Å². The van der Waals surface area contributed by atoms with Crippen molar-refractivity contribution in [3.63, 3.8) is 0 Å². The third-order valence-electron chi connectivity index (χ3n) is 5.88. The summed E-state index contributed by atoms with van der Waals surface area (Å²) >= 11 is 1.36. The van der Waals surface area contributed by atoms with Gasteiger partial charge in [0.1, 0.15) is 11.8 Å². The number of hydrogen-bond donors (Lipinski definition) is 2. The summed E-state index contributed by atoms with van der Waals surface area (Å²) in [5.41, 5.74) is 2.76. The van der Waals surface area contributed by atoms with Gasteiger partial charge in [-0.3, -0.25) is 14.4 Å². The molecule has 3 amide bonds. The fourth-order valence-corrected chi connectivity index (χ4v) is 4.87. The number of methoxy groups -OCH3 is 1. The van der Waals surface area contributed by atoms with Crippen LogP contribution < -0.4 is 15.4 Å². The summed E-state index contributed by atoms with van der Waals surface area (Å²) in [4.78, 5) is 40.9. The third kappa shape index (κ3) is 3.62. The molecule has 0 bridgehead atoms. The van der Waals surface area contributed by atoms with Gasteiger partial charge in [-0.15, -0.1) is 11.3 Å². The van der Waals surface area contributed by atoms with Gasteiger partial charge in [0, 0.05) is 12.6 Å².